The molecule has 2 N–H and O–H groups in total. The second-order valence-electron chi connectivity index (χ2n) is 5.91. The molecule has 0 atom stereocenters. The SMILES string of the molecule is CN(C)CCN1CCN(c2cccc(Cl)c2CCN)CC1. The van der Waals surface area contributed by atoms with Crippen molar-refractivity contribution in [3.63, 3.8) is 0 Å². The van der Waals surface area contributed by atoms with Gasteiger partial charge in [0.2, 0.25) is 0 Å². The van der Waals surface area contributed by atoms with Crippen LogP contribution in [0.2, 0.25) is 5.02 Å². The van der Waals surface area contributed by atoms with E-state index in [1.807, 2.05) is 12.1 Å². The molecule has 0 spiro atoms. The number of anilines is 1. The van der Waals surface area contributed by atoms with Gasteiger partial charge in [-0.2, -0.15) is 0 Å². The van der Waals surface area contributed by atoms with Gasteiger partial charge in [0, 0.05) is 50.0 Å². The summed E-state index contributed by atoms with van der Waals surface area (Å²) in [5.74, 6) is 0. The number of nitrogens with two attached hydrogens (primary N) is 1. The van der Waals surface area contributed by atoms with Crippen molar-refractivity contribution in [2.24, 2.45) is 5.73 Å². The highest BCUT2D eigenvalue weighted by Gasteiger charge is 2.19. The quantitative estimate of drug-likeness (QED) is 0.864. The molecule has 1 aromatic carbocycles. The van der Waals surface area contributed by atoms with Crippen LogP contribution in [0.15, 0.2) is 18.2 Å². The molecule has 0 saturated carbocycles. The second kappa shape index (κ2) is 7.99. The number of halogens is 1. The minimum atomic E-state index is 0.638. The molecule has 1 aromatic rings. The van der Waals surface area contributed by atoms with Gasteiger partial charge in [-0.05, 0) is 44.8 Å². The minimum Gasteiger partial charge on any atom is -0.369 e. The Morgan fingerprint density at radius 2 is 1.90 bits per heavy atom. The molecule has 1 saturated heterocycles. The van der Waals surface area contributed by atoms with Gasteiger partial charge in [0.1, 0.15) is 0 Å². The first-order valence-corrected chi connectivity index (χ1v) is 8.09. The Hall–Kier alpha value is -0.810. The van der Waals surface area contributed by atoms with E-state index in [2.05, 4.69) is 34.9 Å². The van der Waals surface area contributed by atoms with Gasteiger partial charge >= 0.3 is 0 Å². The number of benzene rings is 1. The van der Waals surface area contributed by atoms with Crippen LogP contribution >= 0.6 is 11.6 Å². The van der Waals surface area contributed by atoms with Crippen molar-refractivity contribution < 1.29 is 0 Å². The van der Waals surface area contributed by atoms with Gasteiger partial charge in [-0.25, -0.2) is 0 Å². The van der Waals surface area contributed by atoms with E-state index in [4.69, 9.17) is 17.3 Å². The summed E-state index contributed by atoms with van der Waals surface area (Å²) in [7, 11) is 4.25. The summed E-state index contributed by atoms with van der Waals surface area (Å²) < 4.78 is 0. The first-order chi connectivity index (χ1) is 10.1. The molecule has 4 nitrogen and oxygen atoms in total. The van der Waals surface area contributed by atoms with Crippen LogP contribution in [-0.2, 0) is 6.42 Å². The molecule has 1 aliphatic rings. The van der Waals surface area contributed by atoms with Gasteiger partial charge in [-0.15, -0.1) is 0 Å². The van der Waals surface area contributed by atoms with Crippen LogP contribution in [0.25, 0.3) is 0 Å². The Kier molecular flexibility index (Phi) is 6.30. The number of rotatable bonds is 6. The van der Waals surface area contributed by atoms with E-state index in [9.17, 15) is 0 Å². The lowest BCUT2D eigenvalue weighted by atomic mass is 10.1. The highest BCUT2D eigenvalue weighted by Crippen LogP contribution is 2.28. The van der Waals surface area contributed by atoms with Gasteiger partial charge in [-0.3, -0.25) is 4.90 Å². The van der Waals surface area contributed by atoms with E-state index in [0.29, 0.717) is 6.54 Å². The van der Waals surface area contributed by atoms with E-state index in [1.54, 1.807) is 0 Å². The van der Waals surface area contributed by atoms with E-state index in [-0.39, 0.29) is 0 Å². The molecule has 0 aliphatic carbocycles. The summed E-state index contributed by atoms with van der Waals surface area (Å²) in [5, 5.41) is 0.841. The van der Waals surface area contributed by atoms with Gasteiger partial charge in [0.15, 0.2) is 0 Å². The molecule has 5 heteroatoms. The van der Waals surface area contributed by atoms with Crippen molar-refractivity contribution in [3.8, 4) is 0 Å². The number of nitrogens with zero attached hydrogens (tertiary/aromatic N) is 3. The van der Waals surface area contributed by atoms with Crippen LogP contribution < -0.4 is 10.6 Å². The van der Waals surface area contributed by atoms with Crippen molar-refractivity contribution >= 4 is 17.3 Å². The average Bonchev–Trinajstić information content (AvgIpc) is 2.48. The van der Waals surface area contributed by atoms with Crippen LogP contribution in [0, 0.1) is 0 Å². The first kappa shape index (κ1) is 16.6. The number of likely N-dealkylation sites (N-methyl/N-ethyl adjacent to an activating group) is 1. The maximum Gasteiger partial charge on any atom is 0.0459 e. The standard InChI is InChI=1S/C16H27ClN4/c1-19(2)8-9-20-10-12-21(13-11-20)16-5-3-4-15(17)14(16)6-7-18/h3-5H,6-13,18H2,1-2H3. The smallest absolute Gasteiger partial charge is 0.0459 e. The van der Waals surface area contributed by atoms with Crippen LogP contribution in [0.5, 0.6) is 0 Å². The summed E-state index contributed by atoms with van der Waals surface area (Å²) in [6, 6.07) is 6.17. The molecule has 118 valence electrons. The predicted molar refractivity (Wildman–Crippen MR) is 91.4 cm³/mol. The summed E-state index contributed by atoms with van der Waals surface area (Å²) in [5.41, 5.74) is 8.19. The van der Waals surface area contributed by atoms with E-state index < -0.39 is 0 Å². The molecule has 0 bridgehead atoms. The molecular weight excluding hydrogens is 284 g/mol. The molecule has 1 heterocycles. The fourth-order valence-corrected chi connectivity index (χ4v) is 3.05. The maximum atomic E-state index is 6.34. The number of piperazine rings is 1. The monoisotopic (exact) mass is 310 g/mol. The van der Waals surface area contributed by atoms with Crippen LogP contribution in [0.3, 0.4) is 0 Å². The average molecular weight is 311 g/mol. The lowest BCUT2D eigenvalue weighted by Crippen LogP contribution is -2.48. The Morgan fingerprint density at radius 1 is 1.19 bits per heavy atom. The summed E-state index contributed by atoms with van der Waals surface area (Å²) in [4.78, 5) is 7.22. The van der Waals surface area contributed by atoms with E-state index in [1.165, 1.54) is 11.3 Å². The molecule has 0 unspecified atom stereocenters. The zero-order valence-corrected chi connectivity index (χ0v) is 13.9. The Labute approximate surface area is 133 Å². The van der Waals surface area contributed by atoms with Gasteiger partial charge in [-0.1, -0.05) is 17.7 Å². The second-order valence-corrected chi connectivity index (χ2v) is 6.32. The van der Waals surface area contributed by atoms with E-state index in [0.717, 1.165) is 50.7 Å². The minimum absolute atomic E-state index is 0.638. The van der Waals surface area contributed by atoms with Crippen LogP contribution in [0.1, 0.15) is 5.56 Å². The zero-order chi connectivity index (χ0) is 15.2. The van der Waals surface area contributed by atoms with Gasteiger partial charge < -0.3 is 15.5 Å². The fourth-order valence-electron chi connectivity index (χ4n) is 2.79. The summed E-state index contributed by atoms with van der Waals surface area (Å²) in [6.07, 6.45) is 0.843. The van der Waals surface area contributed by atoms with Crippen molar-refractivity contribution in [1.29, 1.82) is 0 Å². The normalized spacial score (nSPS) is 16.7. The summed E-state index contributed by atoms with van der Waals surface area (Å²) in [6.45, 7) is 7.25. The zero-order valence-electron chi connectivity index (χ0n) is 13.2. The van der Waals surface area contributed by atoms with Crippen molar-refractivity contribution in [2.75, 3.05) is 64.8 Å². The van der Waals surface area contributed by atoms with Crippen molar-refractivity contribution in [3.05, 3.63) is 28.8 Å². The first-order valence-electron chi connectivity index (χ1n) is 7.71. The Balaban J connectivity index is 1.97. The third-order valence-corrected chi connectivity index (χ3v) is 4.42. The predicted octanol–water partition coefficient (Wildman–Crippen LogP) is 1.52. The third-order valence-electron chi connectivity index (χ3n) is 4.06. The topological polar surface area (TPSA) is 35.7 Å². The lowest BCUT2D eigenvalue weighted by Gasteiger charge is -2.37. The van der Waals surface area contributed by atoms with Crippen molar-refractivity contribution in [1.82, 2.24) is 9.80 Å². The molecule has 2 rings (SSSR count). The van der Waals surface area contributed by atoms with Crippen LogP contribution in [-0.4, -0.2) is 69.7 Å². The molecule has 0 radical (unpaired) electrons. The van der Waals surface area contributed by atoms with Gasteiger partial charge in [0.05, 0.1) is 0 Å². The molecule has 1 aliphatic heterocycles. The van der Waals surface area contributed by atoms with Gasteiger partial charge in [0.25, 0.3) is 0 Å². The Morgan fingerprint density at radius 3 is 2.52 bits per heavy atom. The third kappa shape index (κ3) is 4.58. The molecule has 21 heavy (non-hydrogen) atoms. The highest BCUT2D eigenvalue weighted by molar-refractivity contribution is 6.31. The molecular formula is C16H27ClN4. The molecule has 0 aromatic heterocycles. The molecule has 0 amide bonds. The van der Waals surface area contributed by atoms with E-state index >= 15 is 0 Å². The Bertz CT molecular complexity index is 442. The maximum absolute atomic E-state index is 6.34. The van der Waals surface area contributed by atoms with Crippen LogP contribution in [0.4, 0.5) is 5.69 Å². The highest BCUT2D eigenvalue weighted by atomic mass is 35.5. The number of hydrogen-bond acceptors (Lipinski definition) is 4. The van der Waals surface area contributed by atoms with Crippen molar-refractivity contribution in [2.45, 2.75) is 6.42 Å². The largest absolute Gasteiger partial charge is 0.369 e. The molecule has 1 fully saturated rings. The number of hydrogen-bond donors (Lipinski definition) is 1. The fraction of sp³-hybridized carbons (Fsp3) is 0.625. The lowest BCUT2D eigenvalue weighted by molar-refractivity contribution is 0.229. The summed E-state index contributed by atoms with van der Waals surface area (Å²) >= 11 is 6.34.